The number of para-hydroxylation sites is 2. The zero-order valence-electron chi connectivity index (χ0n) is 16.1. The Morgan fingerprint density at radius 1 is 1.14 bits per heavy atom. The largest absolute Gasteiger partial charge is 0.320 e. The molecule has 7 nitrogen and oxygen atoms in total. The zero-order valence-corrected chi connectivity index (χ0v) is 17.0. The van der Waals surface area contributed by atoms with Crippen LogP contribution in [-0.2, 0) is 14.8 Å². The van der Waals surface area contributed by atoms with E-state index in [9.17, 15) is 18.0 Å². The number of aryl methyl sites for hydroxylation is 1. The van der Waals surface area contributed by atoms with E-state index in [4.69, 9.17) is 0 Å². The standard InChI is InChI=1S/C21H23N3O4S/c1-14-8-11-16(29(27,28)23-15-9-10-15)13-17(14)21(26)22-18-5-2-3-6-19(18)24-12-4-7-20(24)25/h2-3,5-6,8,11,13,15,23H,4,7,9-10,12H2,1H3,(H,22,26). The van der Waals surface area contributed by atoms with Crippen molar-refractivity contribution >= 4 is 33.2 Å². The molecule has 4 rings (SSSR count). The van der Waals surface area contributed by atoms with Crippen molar-refractivity contribution in [1.29, 1.82) is 0 Å². The first-order valence-corrected chi connectivity index (χ1v) is 11.2. The van der Waals surface area contributed by atoms with Gasteiger partial charge in [0.2, 0.25) is 15.9 Å². The predicted molar refractivity (Wildman–Crippen MR) is 111 cm³/mol. The van der Waals surface area contributed by atoms with Gasteiger partial charge >= 0.3 is 0 Å². The van der Waals surface area contributed by atoms with Crippen molar-refractivity contribution in [2.75, 3.05) is 16.8 Å². The lowest BCUT2D eigenvalue weighted by molar-refractivity contribution is -0.117. The molecule has 0 unspecified atom stereocenters. The SMILES string of the molecule is Cc1ccc(S(=O)(=O)NC2CC2)cc1C(=O)Nc1ccccc1N1CCCC1=O. The number of nitrogens with one attached hydrogen (secondary N) is 2. The minimum absolute atomic E-state index is 0.0107. The van der Waals surface area contributed by atoms with Crippen molar-refractivity contribution in [1.82, 2.24) is 4.72 Å². The zero-order chi connectivity index (χ0) is 20.6. The molecule has 0 bridgehead atoms. The average Bonchev–Trinajstić information content (AvgIpc) is 3.39. The number of nitrogens with zero attached hydrogens (tertiary/aromatic N) is 1. The van der Waals surface area contributed by atoms with Gasteiger partial charge in [-0.15, -0.1) is 0 Å². The molecule has 0 aromatic heterocycles. The topological polar surface area (TPSA) is 95.6 Å². The Balaban J connectivity index is 1.61. The van der Waals surface area contributed by atoms with Crippen LogP contribution in [0.1, 0.15) is 41.6 Å². The lowest BCUT2D eigenvalue weighted by Gasteiger charge is -2.20. The second-order valence-electron chi connectivity index (χ2n) is 7.49. The molecule has 2 aliphatic rings. The number of rotatable bonds is 6. The van der Waals surface area contributed by atoms with Crippen LogP contribution >= 0.6 is 0 Å². The van der Waals surface area contributed by atoms with Crippen molar-refractivity contribution < 1.29 is 18.0 Å². The average molecular weight is 413 g/mol. The fourth-order valence-corrected chi connectivity index (χ4v) is 4.74. The molecule has 1 aliphatic carbocycles. The van der Waals surface area contributed by atoms with E-state index in [1.807, 2.05) is 6.07 Å². The number of benzene rings is 2. The van der Waals surface area contributed by atoms with Crippen molar-refractivity contribution in [3.8, 4) is 0 Å². The van der Waals surface area contributed by atoms with Gasteiger partial charge in [-0.05, 0) is 56.0 Å². The summed E-state index contributed by atoms with van der Waals surface area (Å²) in [7, 11) is -3.65. The molecule has 1 aliphatic heterocycles. The van der Waals surface area contributed by atoms with Gasteiger partial charge in [-0.2, -0.15) is 0 Å². The highest BCUT2D eigenvalue weighted by molar-refractivity contribution is 7.89. The quantitative estimate of drug-likeness (QED) is 0.761. The normalized spacial score (nSPS) is 16.9. The Hall–Kier alpha value is -2.71. The number of carbonyl (C=O) groups is 2. The van der Waals surface area contributed by atoms with Crippen LogP contribution in [0.25, 0.3) is 0 Å². The number of hydrogen-bond donors (Lipinski definition) is 2. The fraction of sp³-hybridized carbons (Fsp3) is 0.333. The molecule has 1 heterocycles. The summed E-state index contributed by atoms with van der Waals surface area (Å²) in [6, 6.07) is 11.7. The van der Waals surface area contributed by atoms with E-state index < -0.39 is 15.9 Å². The molecular weight excluding hydrogens is 390 g/mol. The third kappa shape index (κ3) is 4.18. The van der Waals surface area contributed by atoms with Gasteiger partial charge in [0.05, 0.1) is 16.3 Å². The molecule has 1 saturated carbocycles. The molecule has 8 heteroatoms. The Labute approximate surface area is 170 Å². The van der Waals surface area contributed by atoms with Crippen molar-refractivity contribution in [3.63, 3.8) is 0 Å². The maximum atomic E-state index is 13.0. The minimum Gasteiger partial charge on any atom is -0.320 e. The van der Waals surface area contributed by atoms with Crippen LogP contribution in [0.5, 0.6) is 0 Å². The molecule has 0 spiro atoms. The molecule has 152 valence electrons. The summed E-state index contributed by atoms with van der Waals surface area (Å²) in [6.07, 6.45) is 2.96. The van der Waals surface area contributed by atoms with Crippen LogP contribution in [0.3, 0.4) is 0 Å². The van der Waals surface area contributed by atoms with Crippen LogP contribution in [-0.4, -0.2) is 32.8 Å². The van der Waals surface area contributed by atoms with E-state index in [0.717, 1.165) is 19.3 Å². The lowest BCUT2D eigenvalue weighted by atomic mass is 10.1. The van der Waals surface area contributed by atoms with Gasteiger partial charge in [0.1, 0.15) is 0 Å². The number of sulfonamides is 1. The van der Waals surface area contributed by atoms with E-state index in [2.05, 4.69) is 10.0 Å². The Bertz CT molecular complexity index is 1080. The van der Waals surface area contributed by atoms with Crippen LogP contribution in [0.4, 0.5) is 11.4 Å². The third-order valence-corrected chi connectivity index (χ3v) is 6.70. The maximum absolute atomic E-state index is 13.0. The fourth-order valence-electron chi connectivity index (χ4n) is 3.41. The first-order valence-electron chi connectivity index (χ1n) is 9.69. The van der Waals surface area contributed by atoms with E-state index in [1.165, 1.54) is 12.1 Å². The first kappa shape index (κ1) is 19.6. The number of amides is 2. The highest BCUT2D eigenvalue weighted by Crippen LogP contribution is 2.30. The minimum atomic E-state index is -3.65. The van der Waals surface area contributed by atoms with Crippen molar-refractivity contribution in [2.45, 2.75) is 43.5 Å². The van der Waals surface area contributed by atoms with Gasteiger partial charge in [-0.3, -0.25) is 9.59 Å². The van der Waals surface area contributed by atoms with Crippen molar-refractivity contribution in [3.05, 3.63) is 53.6 Å². The smallest absolute Gasteiger partial charge is 0.256 e. The molecule has 2 fully saturated rings. The second-order valence-corrected chi connectivity index (χ2v) is 9.21. The monoisotopic (exact) mass is 413 g/mol. The maximum Gasteiger partial charge on any atom is 0.256 e. The van der Waals surface area contributed by atoms with Gasteiger partial charge in [0.15, 0.2) is 0 Å². The highest BCUT2D eigenvalue weighted by Gasteiger charge is 2.29. The summed E-state index contributed by atoms with van der Waals surface area (Å²) in [6.45, 7) is 2.38. The molecule has 1 saturated heterocycles. The summed E-state index contributed by atoms with van der Waals surface area (Å²) >= 11 is 0. The first-order chi connectivity index (χ1) is 13.8. The third-order valence-electron chi connectivity index (χ3n) is 5.18. The van der Waals surface area contributed by atoms with Gasteiger partial charge in [-0.25, -0.2) is 13.1 Å². The van der Waals surface area contributed by atoms with Gasteiger partial charge < -0.3 is 10.2 Å². The summed E-state index contributed by atoms with van der Waals surface area (Å²) < 4.78 is 27.6. The van der Waals surface area contributed by atoms with Gasteiger partial charge in [0, 0.05) is 24.6 Å². The van der Waals surface area contributed by atoms with E-state index in [0.29, 0.717) is 29.9 Å². The van der Waals surface area contributed by atoms with Gasteiger partial charge in [0.25, 0.3) is 5.91 Å². The number of anilines is 2. The molecule has 2 aromatic carbocycles. The molecule has 0 radical (unpaired) electrons. The summed E-state index contributed by atoms with van der Waals surface area (Å²) in [5.74, 6) is -0.382. The van der Waals surface area contributed by atoms with Crippen LogP contribution in [0, 0.1) is 6.92 Å². The van der Waals surface area contributed by atoms with Crippen LogP contribution in [0.2, 0.25) is 0 Å². The lowest BCUT2D eigenvalue weighted by Crippen LogP contribution is -2.27. The molecular formula is C21H23N3O4S. The molecule has 2 N–H and O–H groups in total. The molecule has 2 amide bonds. The summed E-state index contributed by atoms with van der Waals surface area (Å²) in [5, 5.41) is 2.85. The molecule has 2 aromatic rings. The Morgan fingerprint density at radius 2 is 1.90 bits per heavy atom. The predicted octanol–water partition coefficient (Wildman–Crippen LogP) is 2.81. The summed E-state index contributed by atoms with van der Waals surface area (Å²) in [5.41, 5.74) is 2.13. The highest BCUT2D eigenvalue weighted by atomic mass is 32.2. The van der Waals surface area contributed by atoms with Gasteiger partial charge in [-0.1, -0.05) is 18.2 Å². The van der Waals surface area contributed by atoms with Crippen molar-refractivity contribution in [2.24, 2.45) is 0 Å². The Kier molecular flexibility index (Phi) is 5.14. The molecule has 29 heavy (non-hydrogen) atoms. The Morgan fingerprint density at radius 3 is 2.59 bits per heavy atom. The van der Waals surface area contributed by atoms with Crippen LogP contribution in [0.15, 0.2) is 47.4 Å². The van der Waals surface area contributed by atoms with E-state index in [-0.39, 0.29) is 22.4 Å². The van der Waals surface area contributed by atoms with Crippen LogP contribution < -0.4 is 14.9 Å². The second kappa shape index (κ2) is 7.61. The number of hydrogen-bond acceptors (Lipinski definition) is 4. The molecule has 0 atom stereocenters. The number of carbonyl (C=O) groups excluding carboxylic acids is 2. The van der Waals surface area contributed by atoms with E-state index >= 15 is 0 Å². The summed E-state index contributed by atoms with van der Waals surface area (Å²) in [4.78, 5) is 26.8. The van der Waals surface area contributed by atoms with E-state index in [1.54, 1.807) is 36.1 Å².